The lowest BCUT2D eigenvalue weighted by Gasteiger charge is -2.11. The highest BCUT2D eigenvalue weighted by Crippen LogP contribution is 2.20. The number of nitrogens with zero attached hydrogens (tertiary/aromatic N) is 2. The van der Waals surface area contributed by atoms with Gasteiger partial charge < -0.3 is 9.84 Å². The van der Waals surface area contributed by atoms with Crippen molar-refractivity contribution in [2.75, 3.05) is 5.32 Å². The fraction of sp³-hybridized carbons (Fsp3) is 0.125. The van der Waals surface area contributed by atoms with E-state index in [-0.39, 0.29) is 12.3 Å². The molecule has 0 radical (unpaired) electrons. The molecular weight excluding hydrogens is 362 g/mol. The second kappa shape index (κ2) is 8.97. The smallest absolute Gasteiger partial charge is 0.227 e. The second-order valence-electron chi connectivity index (χ2n) is 6.75. The van der Waals surface area contributed by atoms with Crippen molar-refractivity contribution in [1.29, 1.82) is 0 Å². The van der Waals surface area contributed by atoms with Gasteiger partial charge in [-0.1, -0.05) is 84.0 Å². The van der Waals surface area contributed by atoms with Gasteiger partial charge in [-0.2, -0.15) is 4.98 Å². The van der Waals surface area contributed by atoms with E-state index in [4.69, 9.17) is 4.52 Å². The van der Waals surface area contributed by atoms with Crippen LogP contribution in [-0.4, -0.2) is 16.0 Å². The molecule has 3 aromatic carbocycles. The van der Waals surface area contributed by atoms with E-state index in [1.807, 2.05) is 72.8 Å². The van der Waals surface area contributed by atoms with E-state index in [1.165, 1.54) is 5.56 Å². The molecule has 0 unspecified atom stereocenters. The normalized spacial score (nSPS) is 10.6. The summed E-state index contributed by atoms with van der Waals surface area (Å²) in [4.78, 5) is 16.8. The summed E-state index contributed by atoms with van der Waals surface area (Å²) < 4.78 is 5.28. The van der Waals surface area contributed by atoms with Gasteiger partial charge in [-0.3, -0.25) is 4.79 Å². The molecule has 0 aliphatic carbocycles. The summed E-state index contributed by atoms with van der Waals surface area (Å²) in [6, 6.07) is 27.7. The number of rotatable bonds is 7. The first-order chi connectivity index (χ1) is 14.3. The Hall–Kier alpha value is -3.73. The zero-order chi connectivity index (χ0) is 19.9. The fourth-order valence-corrected chi connectivity index (χ4v) is 3.11. The van der Waals surface area contributed by atoms with E-state index in [1.54, 1.807) is 0 Å². The zero-order valence-electron chi connectivity index (χ0n) is 15.9. The summed E-state index contributed by atoms with van der Waals surface area (Å²) in [5.74, 6) is 0.913. The van der Waals surface area contributed by atoms with Crippen molar-refractivity contribution in [2.24, 2.45) is 0 Å². The lowest BCUT2D eigenvalue weighted by Crippen LogP contribution is -2.14. The summed E-state index contributed by atoms with van der Waals surface area (Å²) in [6.45, 7) is 0. The number of nitrogens with one attached hydrogen (secondary N) is 1. The van der Waals surface area contributed by atoms with Crippen LogP contribution in [0, 0.1) is 0 Å². The van der Waals surface area contributed by atoms with E-state index in [0.717, 1.165) is 23.2 Å². The molecule has 5 heteroatoms. The van der Waals surface area contributed by atoms with E-state index in [9.17, 15) is 4.79 Å². The third-order valence-electron chi connectivity index (χ3n) is 4.59. The van der Waals surface area contributed by atoms with Crippen molar-refractivity contribution in [3.05, 3.63) is 102 Å². The molecular formula is C24H21N3O2. The molecule has 4 aromatic rings. The molecule has 1 aromatic heterocycles. The molecule has 0 saturated carbocycles. The van der Waals surface area contributed by atoms with Crippen LogP contribution in [0.15, 0.2) is 89.5 Å². The van der Waals surface area contributed by atoms with Gasteiger partial charge in [0.05, 0.1) is 0 Å². The Morgan fingerprint density at radius 2 is 1.55 bits per heavy atom. The lowest BCUT2D eigenvalue weighted by molar-refractivity contribution is -0.116. The fourth-order valence-electron chi connectivity index (χ4n) is 3.11. The number of benzene rings is 3. The van der Waals surface area contributed by atoms with Crippen LogP contribution in [-0.2, 0) is 17.6 Å². The summed E-state index contributed by atoms with van der Waals surface area (Å²) in [5, 5.41) is 7.00. The number of anilines is 1. The molecule has 4 rings (SSSR count). The largest absolute Gasteiger partial charge is 0.339 e. The van der Waals surface area contributed by atoms with Crippen LogP contribution in [0.3, 0.4) is 0 Å². The van der Waals surface area contributed by atoms with Gasteiger partial charge in [0.15, 0.2) is 0 Å². The third-order valence-corrected chi connectivity index (χ3v) is 4.59. The lowest BCUT2D eigenvalue weighted by atomic mass is 10.0. The first kappa shape index (κ1) is 18.6. The molecule has 0 fully saturated rings. The Morgan fingerprint density at radius 3 is 2.34 bits per heavy atom. The summed E-state index contributed by atoms with van der Waals surface area (Å²) >= 11 is 0. The molecule has 0 aliphatic heterocycles. The summed E-state index contributed by atoms with van der Waals surface area (Å²) in [6.07, 6.45) is 1.43. The molecule has 5 nitrogen and oxygen atoms in total. The van der Waals surface area contributed by atoms with Crippen LogP contribution >= 0.6 is 0 Å². The first-order valence-corrected chi connectivity index (χ1v) is 9.57. The van der Waals surface area contributed by atoms with Gasteiger partial charge in [0, 0.05) is 24.1 Å². The minimum atomic E-state index is -0.0787. The van der Waals surface area contributed by atoms with Crippen LogP contribution < -0.4 is 5.32 Å². The maximum absolute atomic E-state index is 12.5. The predicted octanol–water partition coefficient (Wildman–Crippen LogP) is 4.90. The van der Waals surface area contributed by atoms with Crippen molar-refractivity contribution in [3.8, 4) is 11.4 Å². The molecule has 144 valence electrons. The van der Waals surface area contributed by atoms with Gasteiger partial charge in [-0.05, 0) is 23.6 Å². The maximum Gasteiger partial charge on any atom is 0.227 e. The number of para-hydroxylation sites is 1. The number of aryl methyl sites for hydroxylation is 1. The third kappa shape index (κ3) is 4.96. The topological polar surface area (TPSA) is 68.0 Å². The van der Waals surface area contributed by atoms with E-state index in [2.05, 4.69) is 27.6 Å². The molecule has 1 N–H and O–H groups in total. The monoisotopic (exact) mass is 383 g/mol. The number of carbonyl (C=O) groups excluding carboxylic acids is 1. The number of aromatic nitrogens is 2. The minimum absolute atomic E-state index is 0.0787. The Balaban J connectivity index is 1.36. The van der Waals surface area contributed by atoms with E-state index >= 15 is 0 Å². The van der Waals surface area contributed by atoms with Gasteiger partial charge >= 0.3 is 0 Å². The maximum atomic E-state index is 12.5. The first-order valence-electron chi connectivity index (χ1n) is 9.57. The molecule has 1 heterocycles. The number of carbonyl (C=O) groups is 1. The number of hydrogen-bond acceptors (Lipinski definition) is 4. The van der Waals surface area contributed by atoms with Crippen molar-refractivity contribution >= 4 is 11.6 Å². The highest BCUT2D eigenvalue weighted by Gasteiger charge is 2.12. The Morgan fingerprint density at radius 1 is 0.862 bits per heavy atom. The Bertz CT molecular complexity index is 1080. The van der Waals surface area contributed by atoms with Gasteiger partial charge in [0.2, 0.25) is 17.6 Å². The van der Waals surface area contributed by atoms with Crippen LogP contribution in [0.2, 0.25) is 0 Å². The van der Waals surface area contributed by atoms with Crippen molar-refractivity contribution in [3.63, 3.8) is 0 Å². The SMILES string of the molecule is O=C(CCc1nc(-c2ccccc2)no1)Nc1ccccc1Cc1ccccc1. The van der Waals surface area contributed by atoms with E-state index in [0.29, 0.717) is 18.1 Å². The minimum Gasteiger partial charge on any atom is -0.339 e. The summed E-state index contributed by atoms with van der Waals surface area (Å²) in [7, 11) is 0. The zero-order valence-corrected chi connectivity index (χ0v) is 15.9. The average molecular weight is 383 g/mol. The van der Waals surface area contributed by atoms with Crippen molar-refractivity contribution in [1.82, 2.24) is 10.1 Å². The standard InChI is InChI=1S/C24H21N3O2/c28-22(15-16-23-26-24(27-29-23)19-11-5-2-6-12-19)25-21-14-8-7-13-20(21)17-18-9-3-1-4-10-18/h1-14H,15-17H2,(H,25,28). The second-order valence-corrected chi connectivity index (χ2v) is 6.75. The highest BCUT2D eigenvalue weighted by molar-refractivity contribution is 5.91. The molecule has 0 spiro atoms. The van der Waals surface area contributed by atoms with Crippen LogP contribution in [0.5, 0.6) is 0 Å². The Kier molecular flexibility index (Phi) is 5.76. The van der Waals surface area contributed by atoms with Gasteiger partial charge in [0.1, 0.15) is 0 Å². The predicted molar refractivity (Wildman–Crippen MR) is 112 cm³/mol. The molecule has 1 amide bonds. The quantitative estimate of drug-likeness (QED) is 0.493. The highest BCUT2D eigenvalue weighted by atomic mass is 16.5. The molecule has 29 heavy (non-hydrogen) atoms. The van der Waals surface area contributed by atoms with Gasteiger partial charge in [-0.15, -0.1) is 0 Å². The summed E-state index contributed by atoms with van der Waals surface area (Å²) in [5.41, 5.74) is 4.00. The molecule has 0 saturated heterocycles. The Labute approximate surface area is 169 Å². The average Bonchev–Trinajstić information content (AvgIpc) is 3.24. The van der Waals surface area contributed by atoms with Crippen LogP contribution in [0.4, 0.5) is 5.69 Å². The molecule has 0 atom stereocenters. The molecule has 0 aliphatic rings. The van der Waals surface area contributed by atoms with Crippen LogP contribution in [0.25, 0.3) is 11.4 Å². The number of hydrogen-bond donors (Lipinski definition) is 1. The van der Waals surface area contributed by atoms with Gasteiger partial charge in [-0.25, -0.2) is 0 Å². The van der Waals surface area contributed by atoms with Gasteiger partial charge in [0.25, 0.3) is 0 Å². The number of amides is 1. The van der Waals surface area contributed by atoms with Crippen LogP contribution in [0.1, 0.15) is 23.4 Å². The van der Waals surface area contributed by atoms with Crippen molar-refractivity contribution < 1.29 is 9.32 Å². The molecule has 0 bridgehead atoms. The van der Waals surface area contributed by atoms with E-state index < -0.39 is 0 Å². The van der Waals surface area contributed by atoms with Crippen molar-refractivity contribution in [2.45, 2.75) is 19.3 Å².